The van der Waals surface area contributed by atoms with E-state index in [1.165, 1.54) is 25.0 Å². The van der Waals surface area contributed by atoms with Gasteiger partial charge in [0.05, 0.1) is 31.2 Å². The molecule has 0 saturated carbocycles. The highest BCUT2D eigenvalue weighted by Gasteiger charge is 2.23. The number of methoxy groups -OCH3 is 2. The second-order valence-electron chi connectivity index (χ2n) is 5.07. The van der Waals surface area contributed by atoms with Crippen LogP contribution in [-0.4, -0.2) is 30.7 Å². The molecular weight excluding hydrogens is 324 g/mol. The van der Waals surface area contributed by atoms with E-state index < -0.39 is 5.97 Å². The van der Waals surface area contributed by atoms with Crippen molar-refractivity contribution in [3.8, 4) is 17.5 Å². The topological polar surface area (TPSA) is 119 Å². The predicted octanol–water partition coefficient (Wildman–Crippen LogP) is 2.07. The van der Waals surface area contributed by atoms with Gasteiger partial charge in [-0.25, -0.2) is 4.79 Å². The van der Waals surface area contributed by atoms with Crippen molar-refractivity contribution in [2.75, 3.05) is 25.3 Å². The molecule has 8 heteroatoms. The average molecular weight is 342 g/mol. The summed E-state index contributed by atoms with van der Waals surface area (Å²) in [5.74, 6) is -0.419. The van der Waals surface area contributed by atoms with E-state index in [-0.39, 0.29) is 22.9 Å². The van der Waals surface area contributed by atoms with Crippen molar-refractivity contribution in [2.24, 2.45) is 0 Å². The van der Waals surface area contributed by atoms with Crippen LogP contribution in [0.5, 0.6) is 5.75 Å². The third-order valence-electron chi connectivity index (χ3n) is 3.59. The van der Waals surface area contributed by atoms with Gasteiger partial charge in [-0.3, -0.25) is 4.79 Å². The molecule has 0 atom stereocenters. The number of carbonyl (C=O) groups excluding carboxylic acids is 2. The lowest BCUT2D eigenvalue weighted by Gasteiger charge is -2.14. The number of nitrogens with one attached hydrogen (secondary N) is 1. The Morgan fingerprint density at radius 3 is 2.64 bits per heavy atom. The minimum absolute atomic E-state index is 0.0105. The van der Waals surface area contributed by atoms with Gasteiger partial charge in [0.2, 0.25) is 5.91 Å². The molecule has 0 aliphatic rings. The third-order valence-corrected chi connectivity index (χ3v) is 3.59. The van der Waals surface area contributed by atoms with Gasteiger partial charge in [-0.2, -0.15) is 5.26 Å². The quantitative estimate of drug-likeness (QED) is 0.803. The Bertz CT molecular complexity index is 864. The molecule has 2 aromatic rings. The van der Waals surface area contributed by atoms with E-state index in [2.05, 4.69) is 5.32 Å². The molecule has 2 rings (SSSR count). The monoisotopic (exact) mass is 342 g/mol. The lowest BCUT2D eigenvalue weighted by molar-refractivity contribution is -0.115. The van der Waals surface area contributed by atoms with E-state index in [0.717, 1.165) is 0 Å². The van der Waals surface area contributed by atoms with Crippen LogP contribution >= 0.6 is 0 Å². The van der Waals surface area contributed by atoms with E-state index in [4.69, 9.17) is 15.2 Å². The van der Waals surface area contributed by atoms with E-state index in [9.17, 15) is 14.9 Å². The number of carbonyl (C=O) groups is 2. The summed E-state index contributed by atoms with van der Waals surface area (Å²) in [6, 6.07) is 6.87. The fourth-order valence-corrected chi connectivity index (χ4v) is 2.31. The Balaban J connectivity index is 2.68. The van der Waals surface area contributed by atoms with Crippen LogP contribution in [0.1, 0.15) is 29.4 Å². The van der Waals surface area contributed by atoms with E-state index >= 15 is 0 Å². The number of nitrogens with zero attached hydrogens (tertiary/aromatic N) is 2. The summed E-state index contributed by atoms with van der Waals surface area (Å²) in [5, 5.41) is 11.9. The number of nitrogens with two attached hydrogens (primary N) is 1. The van der Waals surface area contributed by atoms with Crippen molar-refractivity contribution in [1.29, 1.82) is 5.26 Å². The molecule has 0 unspecified atom stereocenters. The first-order valence-corrected chi connectivity index (χ1v) is 7.44. The zero-order valence-electron chi connectivity index (χ0n) is 14.1. The standard InChI is InChI=1S/C17H18N4O4/c1-4-14(22)20-11-5-6-13(24-2)12(7-11)21-9-10(8-18)15(19)16(21)17(23)25-3/h5-7,9H,4,19H2,1-3H3,(H,20,22). The first kappa shape index (κ1) is 17.9. The number of amides is 1. The summed E-state index contributed by atoms with van der Waals surface area (Å²) in [6.07, 6.45) is 1.74. The van der Waals surface area contributed by atoms with Gasteiger partial charge in [-0.05, 0) is 18.2 Å². The largest absolute Gasteiger partial charge is 0.495 e. The molecule has 1 heterocycles. The normalized spacial score (nSPS) is 10.0. The van der Waals surface area contributed by atoms with Crippen LogP contribution in [0, 0.1) is 11.3 Å². The highest BCUT2D eigenvalue weighted by Crippen LogP contribution is 2.32. The number of rotatable bonds is 5. The molecule has 130 valence electrons. The Morgan fingerprint density at radius 1 is 1.36 bits per heavy atom. The van der Waals surface area contributed by atoms with Gasteiger partial charge in [-0.15, -0.1) is 0 Å². The van der Waals surface area contributed by atoms with Gasteiger partial charge in [0, 0.05) is 18.3 Å². The van der Waals surface area contributed by atoms with Crippen molar-refractivity contribution in [2.45, 2.75) is 13.3 Å². The number of esters is 1. The van der Waals surface area contributed by atoms with E-state index in [1.54, 1.807) is 25.1 Å². The molecule has 0 aliphatic carbocycles. The second kappa shape index (κ2) is 7.40. The lowest BCUT2D eigenvalue weighted by atomic mass is 10.2. The van der Waals surface area contributed by atoms with E-state index in [0.29, 0.717) is 23.5 Å². The Labute approximate surface area is 144 Å². The van der Waals surface area contributed by atoms with Gasteiger partial charge in [0.1, 0.15) is 11.8 Å². The van der Waals surface area contributed by atoms with Crippen LogP contribution in [0.2, 0.25) is 0 Å². The maximum Gasteiger partial charge on any atom is 0.357 e. The van der Waals surface area contributed by atoms with Crippen molar-refractivity contribution < 1.29 is 19.1 Å². The van der Waals surface area contributed by atoms with Crippen LogP contribution in [0.3, 0.4) is 0 Å². The van der Waals surface area contributed by atoms with Gasteiger partial charge >= 0.3 is 5.97 Å². The van der Waals surface area contributed by atoms with Crippen molar-refractivity contribution >= 4 is 23.3 Å². The molecule has 0 aliphatic heterocycles. The molecule has 25 heavy (non-hydrogen) atoms. The van der Waals surface area contributed by atoms with Crippen LogP contribution in [0.25, 0.3) is 5.69 Å². The molecule has 0 radical (unpaired) electrons. The molecule has 1 aromatic heterocycles. The number of hydrogen-bond acceptors (Lipinski definition) is 6. The highest BCUT2D eigenvalue weighted by atomic mass is 16.5. The van der Waals surface area contributed by atoms with Gasteiger partial charge < -0.3 is 25.1 Å². The zero-order chi connectivity index (χ0) is 18.6. The number of nitrogen functional groups attached to an aromatic ring is 1. The Kier molecular flexibility index (Phi) is 5.29. The van der Waals surface area contributed by atoms with Crippen LogP contribution in [0.4, 0.5) is 11.4 Å². The number of benzene rings is 1. The van der Waals surface area contributed by atoms with Crippen LogP contribution in [-0.2, 0) is 9.53 Å². The van der Waals surface area contributed by atoms with Gasteiger partial charge in [0.15, 0.2) is 5.69 Å². The molecule has 0 fully saturated rings. The maximum atomic E-state index is 12.1. The molecule has 3 N–H and O–H groups in total. The number of nitriles is 1. The number of aromatic nitrogens is 1. The average Bonchev–Trinajstić information content (AvgIpc) is 2.97. The fraction of sp³-hybridized carbons (Fsp3) is 0.235. The minimum Gasteiger partial charge on any atom is -0.495 e. The maximum absolute atomic E-state index is 12.1. The zero-order valence-corrected chi connectivity index (χ0v) is 14.1. The molecule has 8 nitrogen and oxygen atoms in total. The molecule has 1 amide bonds. The summed E-state index contributed by atoms with van der Waals surface area (Å²) >= 11 is 0. The summed E-state index contributed by atoms with van der Waals surface area (Å²) in [4.78, 5) is 23.7. The van der Waals surface area contributed by atoms with Gasteiger partial charge in [0.25, 0.3) is 0 Å². The van der Waals surface area contributed by atoms with E-state index in [1.807, 2.05) is 6.07 Å². The van der Waals surface area contributed by atoms with Crippen molar-refractivity contribution in [3.05, 3.63) is 35.7 Å². The minimum atomic E-state index is -0.691. The number of hydrogen-bond donors (Lipinski definition) is 2. The third kappa shape index (κ3) is 3.40. The Morgan fingerprint density at radius 2 is 2.08 bits per heavy atom. The summed E-state index contributed by atoms with van der Waals surface area (Å²) in [7, 11) is 2.69. The highest BCUT2D eigenvalue weighted by molar-refractivity contribution is 5.96. The van der Waals surface area contributed by atoms with Crippen molar-refractivity contribution in [3.63, 3.8) is 0 Å². The van der Waals surface area contributed by atoms with Crippen LogP contribution in [0.15, 0.2) is 24.4 Å². The van der Waals surface area contributed by atoms with Crippen molar-refractivity contribution in [1.82, 2.24) is 4.57 Å². The molecule has 0 bridgehead atoms. The summed E-state index contributed by atoms with van der Waals surface area (Å²) in [6.45, 7) is 1.74. The smallest absolute Gasteiger partial charge is 0.357 e. The number of anilines is 2. The summed E-state index contributed by atoms with van der Waals surface area (Å²) in [5.41, 5.74) is 7.01. The molecule has 1 aromatic carbocycles. The first-order chi connectivity index (χ1) is 12.0. The second-order valence-corrected chi connectivity index (χ2v) is 5.07. The molecule has 0 spiro atoms. The Hall–Kier alpha value is -3.47. The summed E-state index contributed by atoms with van der Waals surface area (Å²) < 4.78 is 11.5. The number of ether oxygens (including phenoxy) is 2. The molecule has 0 saturated heterocycles. The van der Waals surface area contributed by atoms with Crippen LogP contribution < -0.4 is 15.8 Å². The molecular formula is C17H18N4O4. The predicted molar refractivity (Wildman–Crippen MR) is 91.7 cm³/mol. The lowest BCUT2D eigenvalue weighted by Crippen LogP contribution is -2.13. The first-order valence-electron chi connectivity index (χ1n) is 7.44. The fourth-order valence-electron chi connectivity index (χ4n) is 2.31. The SMILES string of the molecule is CCC(=O)Nc1ccc(OC)c(-n2cc(C#N)c(N)c2C(=O)OC)c1. The van der Waals surface area contributed by atoms with Gasteiger partial charge in [-0.1, -0.05) is 6.92 Å².